The minimum atomic E-state index is -5.30. The average Bonchev–Trinajstić information content (AvgIpc) is 2.27. The van der Waals surface area contributed by atoms with Gasteiger partial charge in [0.05, 0.1) is 23.1 Å². The third-order valence-corrected chi connectivity index (χ3v) is 2.09. The zero-order valence-corrected chi connectivity index (χ0v) is 9.73. The zero-order valence-electron chi connectivity index (χ0n) is 9.73. The van der Waals surface area contributed by atoms with E-state index in [1.807, 2.05) is 0 Å². The molecule has 0 saturated carbocycles. The Bertz CT molecular complexity index is 574. The van der Waals surface area contributed by atoms with Crippen molar-refractivity contribution in [2.45, 2.75) is 19.2 Å². The summed E-state index contributed by atoms with van der Waals surface area (Å²) in [5, 5.41) is 19.3. The van der Waals surface area contributed by atoms with Crippen LogP contribution in [0.1, 0.15) is 17.7 Å². The van der Waals surface area contributed by atoms with E-state index in [-0.39, 0.29) is 6.20 Å². The van der Waals surface area contributed by atoms with Crippen LogP contribution in [0.2, 0.25) is 0 Å². The molecule has 1 aromatic heterocycles. The lowest BCUT2D eigenvalue weighted by atomic mass is 10.1. The fourth-order valence-corrected chi connectivity index (χ4v) is 1.44. The number of aliphatic carboxylic acids is 1. The minimum absolute atomic E-state index is 0.167. The van der Waals surface area contributed by atoms with E-state index < -0.39 is 52.8 Å². The molecular formula is C9H5F5N2O5. The number of alkyl halides is 5. The Balaban J connectivity index is 3.55. The summed E-state index contributed by atoms with van der Waals surface area (Å²) in [4.78, 5) is 22.7. The maximum absolute atomic E-state index is 12.6. The topological polar surface area (TPSA) is 103 Å². The van der Waals surface area contributed by atoms with Gasteiger partial charge in [-0.2, -0.15) is 0 Å². The Morgan fingerprint density at radius 2 is 2.05 bits per heavy atom. The molecule has 12 heteroatoms. The first-order valence-corrected chi connectivity index (χ1v) is 4.94. The van der Waals surface area contributed by atoms with E-state index in [0.717, 1.165) is 0 Å². The van der Waals surface area contributed by atoms with Gasteiger partial charge in [-0.3, -0.25) is 14.9 Å². The Morgan fingerprint density at radius 3 is 2.43 bits per heavy atom. The molecule has 1 heterocycles. The molecule has 1 N–H and O–H groups in total. The monoisotopic (exact) mass is 316 g/mol. The normalized spacial score (nSPS) is 11.5. The minimum Gasteiger partial charge on any atom is -0.481 e. The van der Waals surface area contributed by atoms with E-state index in [4.69, 9.17) is 5.11 Å². The molecule has 0 bridgehead atoms. The van der Waals surface area contributed by atoms with E-state index in [9.17, 15) is 36.9 Å². The Labute approximate surface area is 112 Å². The van der Waals surface area contributed by atoms with Gasteiger partial charge >= 0.3 is 18.0 Å². The van der Waals surface area contributed by atoms with Crippen LogP contribution < -0.4 is 4.74 Å². The Kier molecular flexibility index (Phi) is 4.60. The number of rotatable bonds is 5. The molecular weight excluding hydrogens is 311 g/mol. The van der Waals surface area contributed by atoms with Gasteiger partial charge in [-0.15, -0.1) is 13.2 Å². The van der Waals surface area contributed by atoms with E-state index in [2.05, 4.69) is 9.72 Å². The maximum atomic E-state index is 12.6. The molecule has 116 valence electrons. The van der Waals surface area contributed by atoms with Crippen LogP contribution in [0.5, 0.6) is 5.75 Å². The quantitative estimate of drug-likeness (QED) is 0.508. The standard InChI is InChI=1S/C9H5F5N2O5/c10-8(11)6-7(16(19)20)3(1-5(17)18)4(2-15-6)21-9(12,13)14/h2,8H,1H2,(H,17,18). The molecule has 1 aromatic rings. The second-order valence-corrected chi connectivity index (χ2v) is 3.51. The van der Waals surface area contributed by atoms with Crippen LogP contribution in [0, 0.1) is 10.1 Å². The summed E-state index contributed by atoms with van der Waals surface area (Å²) in [5.41, 5.74) is -4.10. The number of pyridine rings is 1. The Morgan fingerprint density at radius 1 is 1.48 bits per heavy atom. The first kappa shape index (κ1) is 16.5. The van der Waals surface area contributed by atoms with Gasteiger partial charge in [0, 0.05) is 0 Å². The van der Waals surface area contributed by atoms with Crippen molar-refractivity contribution in [3.05, 3.63) is 27.6 Å². The SMILES string of the molecule is O=C(O)Cc1c(OC(F)(F)F)cnc(C(F)F)c1[N+](=O)[O-]. The van der Waals surface area contributed by atoms with Gasteiger partial charge in [0.25, 0.3) is 6.43 Å². The van der Waals surface area contributed by atoms with Crippen LogP contribution >= 0.6 is 0 Å². The number of carboxylic acid groups (broad SMARTS) is 1. The summed E-state index contributed by atoms with van der Waals surface area (Å²) in [6.45, 7) is 0. The highest BCUT2D eigenvalue weighted by atomic mass is 19.4. The molecule has 0 radical (unpaired) electrons. The molecule has 21 heavy (non-hydrogen) atoms. The van der Waals surface area contributed by atoms with E-state index >= 15 is 0 Å². The van der Waals surface area contributed by atoms with Crippen molar-refractivity contribution < 1.29 is 41.5 Å². The maximum Gasteiger partial charge on any atom is 0.573 e. The van der Waals surface area contributed by atoms with Crippen LogP contribution in [0.15, 0.2) is 6.20 Å². The Hall–Kier alpha value is -2.53. The number of hydrogen-bond acceptors (Lipinski definition) is 5. The lowest BCUT2D eigenvalue weighted by Crippen LogP contribution is -2.20. The summed E-state index contributed by atoms with van der Waals surface area (Å²) in [6, 6.07) is 0. The molecule has 0 atom stereocenters. The molecule has 0 unspecified atom stereocenters. The van der Waals surface area contributed by atoms with Crippen molar-refractivity contribution in [2.75, 3.05) is 0 Å². The molecule has 1 rings (SSSR count). The van der Waals surface area contributed by atoms with Gasteiger partial charge < -0.3 is 9.84 Å². The van der Waals surface area contributed by atoms with Crippen molar-refractivity contribution in [2.24, 2.45) is 0 Å². The van der Waals surface area contributed by atoms with Gasteiger partial charge in [-0.1, -0.05) is 0 Å². The third kappa shape index (κ3) is 4.22. The molecule has 0 saturated heterocycles. The molecule has 0 amide bonds. The second-order valence-electron chi connectivity index (χ2n) is 3.51. The average molecular weight is 316 g/mol. The van der Waals surface area contributed by atoms with Crippen LogP contribution in [0.25, 0.3) is 0 Å². The number of carbonyl (C=O) groups is 1. The molecule has 0 fully saturated rings. The van der Waals surface area contributed by atoms with E-state index in [0.29, 0.717) is 0 Å². The fourth-order valence-electron chi connectivity index (χ4n) is 1.44. The van der Waals surface area contributed by atoms with Crippen molar-refractivity contribution in [1.29, 1.82) is 0 Å². The summed E-state index contributed by atoms with van der Waals surface area (Å²) in [7, 11) is 0. The lowest BCUT2D eigenvalue weighted by molar-refractivity contribution is -0.387. The van der Waals surface area contributed by atoms with Gasteiger partial charge in [0.2, 0.25) is 0 Å². The summed E-state index contributed by atoms with van der Waals surface area (Å²) in [6.07, 6.45) is -9.92. The van der Waals surface area contributed by atoms with Crippen LogP contribution in [0.3, 0.4) is 0 Å². The largest absolute Gasteiger partial charge is 0.573 e. The van der Waals surface area contributed by atoms with Gasteiger partial charge in [-0.05, 0) is 0 Å². The molecule has 0 aliphatic rings. The number of halogens is 5. The predicted molar refractivity (Wildman–Crippen MR) is 53.9 cm³/mol. The number of nitro groups is 1. The van der Waals surface area contributed by atoms with Crippen molar-refractivity contribution in [1.82, 2.24) is 4.98 Å². The van der Waals surface area contributed by atoms with Crippen molar-refractivity contribution in [3.63, 3.8) is 0 Å². The second kappa shape index (κ2) is 5.85. The number of hydrogen-bond donors (Lipinski definition) is 1. The van der Waals surface area contributed by atoms with Crippen LogP contribution in [0.4, 0.5) is 27.6 Å². The molecule has 0 aliphatic heterocycles. The predicted octanol–water partition coefficient (Wildman–Crippen LogP) is 2.45. The fraction of sp³-hybridized carbons (Fsp3) is 0.333. The molecule has 0 spiro atoms. The van der Waals surface area contributed by atoms with Gasteiger partial charge in [0.15, 0.2) is 11.4 Å². The third-order valence-electron chi connectivity index (χ3n) is 2.09. The first-order chi connectivity index (χ1) is 9.53. The first-order valence-electron chi connectivity index (χ1n) is 4.94. The zero-order chi connectivity index (χ0) is 16.4. The highest BCUT2D eigenvalue weighted by Gasteiger charge is 2.37. The highest BCUT2D eigenvalue weighted by Crippen LogP contribution is 2.37. The summed E-state index contributed by atoms with van der Waals surface area (Å²) < 4.78 is 65.0. The molecule has 0 aromatic carbocycles. The van der Waals surface area contributed by atoms with Gasteiger partial charge in [-0.25, -0.2) is 13.8 Å². The van der Waals surface area contributed by atoms with Crippen molar-refractivity contribution >= 4 is 11.7 Å². The highest BCUT2D eigenvalue weighted by molar-refractivity contribution is 5.74. The smallest absolute Gasteiger partial charge is 0.481 e. The van der Waals surface area contributed by atoms with E-state index in [1.54, 1.807) is 0 Å². The number of ether oxygens (including phenoxy) is 1. The number of nitrogens with zero attached hydrogens (tertiary/aromatic N) is 2. The molecule has 7 nitrogen and oxygen atoms in total. The van der Waals surface area contributed by atoms with Crippen LogP contribution in [-0.4, -0.2) is 27.3 Å². The van der Waals surface area contributed by atoms with Gasteiger partial charge in [0.1, 0.15) is 0 Å². The van der Waals surface area contributed by atoms with Crippen molar-refractivity contribution in [3.8, 4) is 5.75 Å². The van der Waals surface area contributed by atoms with Crippen LogP contribution in [-0.2, 0) is 11.2 Å². The summed E-state index contributed by atoms with van der Waals surface area (Å²) >= 11 is 0. The van der Waals surface area contributed by atoms with E-state index in [1.165, 1.54) is 0 Å². The number of aromatic nitrogens is 1. The summed E-state index contributed by atoms with van der Waals surface area (Å²) in [5.74, 6) is -3.09. The lowest BCUT2D eigenvalue weighted by Gasteiger charge is -2.13. The molecule has 0 aliphatic carbocycles. The number of carboxylic acids is 1.